The fraction of sp³-hybridized carbons (Fsp3) is 0.357. The van der Waals surface area contributed by atoms with Gasteiger partial charge in [-0.15, -0.1) is 0 Å². The number of nitrogens with zero attached hydrogens (tertiary/aromatic N) is 1. The van der Waals surface area contributed by atoms with Crippen LogP contribution in [0.2, 0.25) is 0 Å². The molecule has 1 aromatic rings. The van der Waals surface area contributed by atoms with Gasteiger partial charge in [0.25, 0.3) is 0 Å². The van der Waals surface area contributed by atoms with E-state index in [1.54, 1.807) is 24.3 Å². The predicted octanol–water partition coefficient (Wildman–Crippen LogP) is 0.199. The van der Waals surface area contributed by atoms with E-state index < -0.39 is 10.0 Å². The number of carbonyl (C=O) groups excluding carboxylic acids is 1. The molecular weight excluding hydrogens is 290 g/mol. The molecule has 0 radical (unpaired) electrons. The zero-order valence-electron chi connectivity index (χ0n) is 12.2. The number of likely N-dealkylation sites (N-methyl/N-ethyl adjacent to an activating group) is 1. The Bertz CT molecular complexity index is 568. The SMILES string of the molecule is CN(C)C/C=C/C(=O)NCCNS(=O)(=O)c1ccccc1. The van der Waals surface area contributed by atoms with Gasteiger partial charge in [-0.3, -0.25) is 4.79 Å². The van der Waals surface area contributed by atoms with Crippen LogP contribution in [0.3, 0.4) is 0 Å². The van der Waals surface area contributed by atoms with Gasteiger partial charge < -0.3 is 10.2 Å². The summed E-state index contributed by atoms with van der Waals surface area (Å²) in [6.45, 7) is 1.05. The van der Waals surface area contributed by atoms with Crippen molar-refractivity contribution in [2.45, 2.75) is 4.90 Å². The number of nitrogens with one attached hydrogen (secondary N) is 2. The Balaban J connectivity index is 2.31. The quantitative estimate of drug-likeness (QED) is 0.531. The minimum Gasteiger partial charge on any atom is -0.351 e. The first-order valence-electron chi connectivity index (χ1n) is 6.55. The van der Waals surface area contributed by atoms with E-state index >= 15 is 0 Å². The van der Waals surface area contributed by atoms with Crippen molar-refractivity contribution in [3.05, 3.63) is 42.5 Å². The molecule has 0 unspecified atom stereocenters. The molecule has 0 aromatic heterocycles. The lowest BCUT2D eigenvalue weighted by Gasteiger charge is -2.07. The molecule has 0 atom stereocenters. The molecule has 0 heterocycles. The van der Waals surface area contributed by atoms with E-state index in [0.717, 1.165) is 0 Å². The van der Waals surface area contributed by atoms with E-state index in [1.807, 2.05) is 19.0 Å². The molecule has 0 bridgehead atoms. The van der Waals surface area contributed by atoms with Crippen LogP contribution in [-0.2, 0) is 14.8 Å². The zero-order valence-corrected chi connectivity index (χ0v) is 13.1. The minimum atomic E-state index is -3.51. The van der Waals surface area contributed by atoms with Gasteiger partial charge in [-0.05, 0) is 26.2 Å². The number of benzene rings is 1. The zero-order chi connectivity index (χ0) is 15.7. The van der Waals surface area contributed by atoms with E-state index in [0.29, 0.717) is 6.54 Å². The van der Waals surface area contributed by atoms with Crippen molar-refractivity contribution >= 4 is 15.9 Å². The Kier molecular flexibility index (Phi) is 7.07. The van der Waals surface area contributed by atoms with Gasteiger partial charge in [0.1, 0.15) is 0 Å². The molecule has 2 N–H and O–H groups in total. The Hall–Kier alpha value is -1.70. The number of hydrogen-bond donors (Lipinski definition) is 2. The molecule has 0 spiro atoms. The summed E-state index contributed by atoms with van der Waals surface area (Å²) < 4.78 is 26.2. The molecule has 6 nitrogen and oxygen atoms in total. The van der Waals surface area contributed by atoms with E-state index in [-0.39, 0.29) is 23.9 Å². The predicted molar refractivity (Wildman–Crippen MR) is 82.3 cm³/mol. The van der Waals surface area contributed by atoms with Crippen molar-refractivity contribution < 1.29 is 13.2 Å². The third kappa shape index (κ3) is 7.03. The first-order chi connectivity index (χ1) is 9.92. The lowest BCUT2D eigenvalue weighted by molar-refractivity contribution is -0.116. The highest BCUT2D eigenvalue weighted by Gasteiger charge is 2.11. The largest absolute Gasteiger partial charge is 0.351 e. The van der Waals surface area contributed by atoms with E-state index in [1.165, 1.54) is 18.2 Å². The van der Waals surface area contributed by atoms with Crippen LogP contribution >= 0.6 is 0 Å². The highest BCUT2D eigenvalue weighted by atomic mass is 32.2. The number of rotatable bonds is 8. The molecule has 0 aliphatic carbocycles. The van der Waals surface area contributed by atoms with Crippen LogP contribution in [-0.4, -0.2) is 53.0 Å². The van der Waals surface area contributed by atoms with Crippen molar-refractivity contribution in [1.29, 1.82) is 0 Å². The third-order valence-electron chi connectivity index (χ3n) is 2.51. The summed E-state index contributed by atoms with van der Waals surface area (Å²) in [4.78, 5) is 13.6. The fourth-order valence-electron chi connectivity index (χ4n) is 1.48. The second kappa shape index (κ2) is 8.56. The van der Waals surface area contributed by atoms with Gasteiger partial charge in [-0.1, -0.05) is 24.3 Å². The van der Waals surface area contributed by atoms with Gasteiger partial charge in [-0.2, -0.15) is 0 Å². The number of hydrogen-bond acceptors (Lipinski definition) is 4. The Morgan fingerprint density at radius 3 is 2.48 bits per heavy atom. The second-order valence-corrected chi connectivity index (χ2v) is 6.43. The molecule has 0 saturated carbocycles. The molecule has 1 aromatic carbocycles. The number of sulfonamides is 1. The fourth-order valence-corrected chi connectivity index (χ4v) is 2.54. The summed E-state index contributed by atoms with van der Waals surface area (Å²) >= 11 is 0. The maximum absolute atomic E-state index is 11.9. The monoisotopic (exact) mass is 311 g/mol. The van der Waals surface area contributed by atoms with Gasteiger partial charge in [-0.25, -0.2) is 13.1 Å². The number of carbonyl (C=O) groups is 1. The van der Waals surface area contributed by atoms with Gasteiger partial charge in [0.05, 0.1) is 4.90 Å². The maximum Gasteiger partial charge on any atom is 0.243 e. The topological polar surface area (TPSA) is 78.5 Å². The van der Waals surface area contributed by atoms with Gasteiger partial charge >= 0.3 is 0 Å². The molecule has 1 rings (SSSR count). The summed E-state index contributed by atoms with van der Waals surface area (Å²) in [5.41, 5.74) is 0. The van der Waals surface area contributed by atoms with Crippen LogP contribution in [0.25, 0.3) is 0 Å². The maximum atomic E-state index is 11.9. The molecular formula is C14H21N3O3S. The molecule has 0 fully saturated rings. The van der Waals surface area contributed by atoms with Crippen LogP contribution in [0, 0.1) is 0 Å². The Labute approximate surface area is 125 Å². The Morgan fingerprint density at radius 2 is 1.86 bits per heavy atom. The van der Waals surface area contributed by atoms with Crippen molar-refractivity contribution in [3.63, 3.8) is 0 Å². The summed E-state index contributed by atoms with van der Waals surface area (Å²) in [5.74, 6) is -0.240. The van der Waals surface area contributed by atoms with E-state index in [4.69, 9.17) is 0 Å². The molecule has 7 heteroatoms. The molecule has 116 valence electrons. The normalized spacial score (nSPS) is 12.0. The summed E-state index contributed by atoms with van der Waals surface area (Å²) in [6.07, 6.45) is 3.18. The molecule has 0 aliphatic heterocycles. The Morgan fingerprint density at radius 1 is 1.19 bits per heavy atom. The van der Waals surface area contributed by atoms with E-state index in [2.05, 4.69) is 10.0 Å². The van der Waals surface area contributed by atoms with E-state index in [9.17, 15) is 13.2 Å². The number of amides is 1. The highest BCUT2D eigenvalue weighted by Crippen LogP contribution is 2.06. The first-order valence-corrected chi connectivity index (χ1v) is 8.04. The average Bonchev–Trinajstić information content (AvgIpc) is 2.44. The molecule has 1 amide bonds. The molecule has 0 aliphatic rings. The third-order valence-corrected chi connectivity index (χ3v) is 3.99. The van der Waals surface area contributed by atoms with Crippen LogP contribution < -0.4 is 10.0 Å². The molecule has 0 saturated heterocycles. The lowest BCUT2D eigenvalue weighted by Crippen LogP contribution is -2.34. The smallest absolute Gasteiger partial charge is 0.243 e. The highest BCUT2D eigenvalue weighted by molar-refractivity contribution is 7.89. The van der Waals surface area contributed by atoms with Gasteiger partial charge in [0.2, 0.25) is 15.9 Å². The van der Waals surface area contributed by atoms with Crippen molar-refractivity contribution in [2.24, 2.45) is 0 Å². The lowest BCUT2D eigenvalue weighted by atomic mass is 10.4. The summed E-state index contributed by atoms with van der Waals surface area (Å²) in [6, 6.07) is 8.10. The molecule has 21 heavy (non-hydrogen) atoms. The standard InChI is InChI=1S/C14H21N3O3S/c1-17(2)12-6-9-14(18)15-10-11-16-21(19,20)13-7-4-3-5-8-13/h3-9,16H,10-12H2,1-2H3,(H,15,18)/b9-6+. The van der Waals surface area contributed by atoms with Crippen LogP contribution in [0.1, 0.15) is 0 Å². The van der Waals surface area contributed by atoms with Crippen molar-refractivity contribution in [3.8, 4) is 0 Å². The summed E-state index contributed by atoms with van der Waals surface area (Å²) in [7, 11) is 0.294. The second-order valence-electron chi connectivity index (χ2n) is 4.67. The van der Waals surface area contributed by atoms with Crippen LogP contribution in [0.4, 0.5) is 0 Å². The van der Waals surface area contributed by atoms with Crippen LogP contribution in [0.5, 0.6) is 0 Å². The van der Waals surface area contributed by atoms with Gasteiger partial charge in [0.15, 0.2) is 0 Å². The van der Waals surface area contributed by atoms with Crippen molar-refractivity contribution in [1.82, 2.24) is 14.9 Å². The summed E-state index contributed by atoms with van der Waals surface area (Å²) in [5, 5.41) is 2.61. The first kappa shape index (κ1) is 17.4. The van der Waals surface area contributed by atoms with Crippen molar-refractivity contribution in [2.75, 3.05) is 33.7 Å². The van der Waals surface area contributed by atoms with Gasteiger partial charge in [0, 0.05) is 25.7 Å². The van der Waals surface area contributed by atoms with Crippen LogP contribution in [0.15, 0.2) is 47.4 Å². The average molecular weight is 311 g/mol. The minimum absolute atomic E-state index is 0.143.